The standard InChI is InChI=1S/C20H14ClN3O2/c21-16-7-3-5-14(11-16)13-24-10-4-8-17(20(24)26)19(25)23-18-9-2-1-6-15(18)12-22/h1-11H,13H2,(H,23,25). The van der Waals surface area contributed by atoms with Gasteiger partial charge in [-0.05, 0) is 42.0 Å². The molecule has 0 radical (unpaired) electrons. The molecule has 0 aliphatic heterocycles. The van der Waals surface area contributed by atoms with Gasteiger partial charge < -0.3 is 9.88 Å². The molecule has 6 heteroatoms. The van der Waals surface area contributed by atoms with E-state index in [0.717, 1.165) is 5.56 Å². The third-order valence-electron chi connectivity index (χ3n) is 3.80. The van der Waals surface area contributed by atoms with E-state index in [2.05, 4.69) is 5.32 Å². The Morgan fingerprint density at radius 1 is 1.12 bits per heavy atom. The van der Waals surface area contributed by atoms with Gasteiger partial charge in [-0.25, -0.2) is 0 Å². The number of hydrogen-bond donors (Lipinski definition) is 1. The highest BCUT2D eigenvalue weighted by molar-refractivity contribution is 6.30. The minimum Gasteiger partial charge on any atom is -0.321 e. The quantitative estimate of drug-likeness (QED) is 0.768. The van der Waals surface area contributed by atoms with Gasteiger partial charge in [0.25, 0.3) is 11.5 Å². The predicted molar refractivity (Wildman–Crippen MR) is 100 cm³/mol. The maximum Gasteiger partial charge on any atom is 0.263 e. The van der Waals surface area contributed by atoms with Crippen molar-refractivity contribution in [3.63, 3.8) is 0 Å². The summed E-state index contributed by atoms with van der Waals surface area (Å²) >= 11 is 5.97. The molecule has 5 nitrogen and oxygen atoms in total. The zero-order chi connectivity index (χ0) is 18.5. The van der Waals surface area contributed by atoms with E-state index in [1.807, 2.05) is 12.1 Å². The summed E-state index contributed by atoms with van der Waals surface area (Å²) in [7, 11) is 0. The number of carbonyl (C=O) groups is 1. The molecular weight excluding hydrogens is 350 g/mol. The topological polar surface area (TPSA) is 74.9 Å². The molecule has 1 amide bonds. The fraction of sp³-hybridized carbons (Fsp3) is 0.0500. The van der Waals surface area contributed by atoms with Gasteiger partial charge in [0.05, 0.1) is 17.8 Å². The van der Waals surface area contributed by atoms with Crippen molar-refractivity contribution < 1.29 is 4.79 Å². The van der Waals surface area contributed by atoms with E-state index in [9.17, 15) is 9.59 Å². The highest BCUT2D eigenvalue weighted by Gasteiger charge is 2.14. The van der Waals surface area contributed by atoms with Crippen molar-refractivity contribution in [2.75, 3.05) is 5.32 Å². The van der Waals surface area contributed by atoms with Crippen LogP contribution in [0.4, 0.5) is 5.69 Å². The van der Waals surface area contributed by atoms with E-state index in [4.69, 9.17) is 16.9 Å². The number of nitriles is 1. The summed E-state index contributed by atoms with van der Waals surface area (Å²) in [6.07, 6.45) is 1.61. The highest BCUT2D eigenvalue weighted by atomic mass is 35.5. The van der Waals surface area contributed by atoms with Crippen LogP contribution in [0.2, 0.25) is 5.02 Å². The number of anilines is 1. The second-order valence-electron chi connectivity index (χ2n) is 5.60. The number of aromatic nitrogens is 1. The highest BCUT2D eigenvalue weighted by Crippen LogP contribution is 2.15. The Hall–Kier alpha value is -3.36. The number of halogens is 1. The lowest BCUT2D eigenvalue weighted by Gasteiger charge is -2.10. The minimum atomic E-state index is -0.557. The van der Waals surface area contributed by atoms with Crippen LogP contribution in [-0.2, 0) is 6.54 Å². The first-order valence-corrected chi connectivity index (χ1v) is 8.20. The summed E-state index contributed by atoms with van der Waals surface area (Å²) < 4.78 is 1.44. The molecule has 0 spiro atoms. The molecule has 1 N–H and O–H groups in total. The van der Waals surface area contributed by atoms with Crippen LogP contribution in [0, 0.1) is 11.3 Å². The maximum absolute atomic E-state index is 12.6. The van der Waals surface area contributed by atoms with Crippen LogP contribution >= 0.6 is 11.6 Å². The van der Waals surface area contributed by atoms with E-state index in [-0.39, 0.29) is 5.56 Å². The molecule has 3 aromatic rings. The zero-order valence-electron chi connectivity index (χ0n) is 13.6. The number of hydrogen-bond acceptors (Lipinski definition) is 3. The summed E-state index contributed by atoms with van der Waals surface area (Å²) in [5.41, 5.74) is 1.13. The number of carbonyl (C=O) groups excluding carboxylic acids is 1. The van der Waals surface area contributed by atoms with Crippen molar-refractivity contribution in [2.24, 2.45) is 0 Å². The van der Waals surface area contributed by atoms with Crippen molar-refractivity contribution in [3.8, 4) is 6.07 Å². The third kappa shape index (κ3) is 3.82. The lowest BCUT2D eigenvalue weighted by molar-refractivity contribution is 0.102. The largest absolute Gasteiger partial charge is 0.321 e. The molecule has 0 saturated heterocycles. The first-order chi connectivity index (χ1) is 12.6. The van der Waals surface area contributed by atoms with Gasteiger partial charge in [0, 0.05) is 11.2 Å². The molecular formula is C20H14ClN3O2. The summed E-state index contributed by atoms with van der Waals surface area (Å²) in [5.74, 6) is -0.557. The second kappa shape index (κ2) is 7.68. The summed E-state index contributed by atoms with van der Waals surface area (Å²) in [6.45, 7) is 0.301. The molecule has 1 aromatic heterocycles. The Labute approximate surface area is 155 Å². The van der Waals surface area contributed by atoms with Crippen LogP contribution in [0.1, 0.15) is 21.5 Å². The van der Waals surface area contributed by atoms with Gasteiger partial charge in [-0.3, -0.25) is 9.59 Å². The van der Waals surface area contributed by atoms with Gasteiger partial charge in [-0.2, -0.15) is 5.26 Å². The van der Waals surface area contributed by atoms with Crippen LogP contribution in [0.15, 0.2) is 71.7 Å². The molecule has 0 bridgehead atoms. The Bertz CT molecular complexity index is 1070. The minimum absolute atomic E-state index is 0.00210. The molecule has 0 saturated carbocycles. The van der Waals surface area contributed by atoms with Crippen LogP contribution < -0.4 is 10.9 Å². The van der Waals surface area contributed by atoms with E-state index in [0.29, 0.717) is 22.8 Å². The molecule has 26 heavy (non-hydrogen) atoms. The van der Waals surface area contributed by atoms with Gasteiger partial charge in [0.1, 0.15) is 11.6 Å². The van der Waals surface area contributed by atoms with E-state index in [1.165, 1.54) is 10.6 Å². The SMILES string of the molecule is N#Cc1ccccc1NC(=O)c1cccn(Cc2cccc(Cl)c2)c1=O. The fourth-order valence-corrected chi connectivity index (χ4v) is 2.76. The van der Waals surface area contributed by atoms with Crippen LogP contribution in [0.3, 0.4) is 0 Å². The van der Waals surface area contributed by atoms with Gasteiger partial charge in [-0.1, -0.05) is 35.9 Å². The van der Waals surface area contributed by atoms with Crippen molar-refractivity contribution in [3.05, 3.63) is 98.9 Å². The Balaban J connectivity index is 1.88. The van der Waals surface area contributed by atoms with Gasteiger partial charge in [0.15, 0.2) is 0 Å². The van der Waals surface area contributed by atoms with Crippen molar-refractivity contribution in [2.45, 2.75) is 6.54 Å². The average Bonchev–Trinajstić information content (AvgIpc) is 2.64. The number of nitrogens with zero attached hydrogens (tertiary/aromatic N) is 2. The number of nitrogens with one attached hydrogen (secondary N) is 1. The normalized spacial score (nSPS) is 10.2. The lowest BCUT2D eigenvalue weighted by Crippen LogP contribution is -2.29. The smallest absolute Gasteiger partial charge is 0.263 e. The van der Waals surface area contributed by atoms with Gasteiger partial charge in [0.2, 0.25) is 0 Å². The Morgan fingerprint density at radius 3 is 2.69 bits per heavy atom. The molecule has 0 aliphatic rings. The van der Waals surface area contributed by atoms with Gasteiger partial charge in [-0.15, -0.1) is 0 Å². The molecule has 0 fully saturated rings. The van der Waals surface area contributed by atoms with Crippen LogP contribution in [0.25, 0.3) is 0 Å². The number of benzene rings is 2. The lowest BCUT2D eigenvalue weighted by atomic mass is 10.1. The summed E-state index contributed by atoms with van der Waals surface area (Å²) in [5, 5.41) is 12.3. The van der Waals surface area contributed by atoms with Crippen LogP contribution in [0.5, 0.6) is 0 Å². The zero-order valence-corrected chi connectivity index (χ0v) is 14.4. The first kappa shape index (κ1) is 17.5. The Kier molecular flexibility index (Phi) is 5.16. The summed E-state index contributed by atoms with van der Waals surface area (Å²) in [4.78, 5) is 25.2. The molecule has 0 aliphatic carbocycles. The van der Waals surface area contributed by atoms with Crippen molar-refractivity contribution in [1.29, 1.82) is 5.26 Å². The number of pyridine rings is 1. The van der Waals surface area contributed by atoms with Crippen molar-refractivity contribution >= 4 is 23.2 Å². The first-order valence-electron chi connectivity index (χ1n) is 7.83. The van der Waals surface area contributed by atoms with E-state index < -0.39 is 11.5 Å². The number of para-hydroxylation sites is 1. The molecule has 1 heterocycles. The molecule has 2 aromatic carbocycles. The van der Waals surface area contributed by atoms with E-state index in [1.54, 1.807) is 54.7 Å². The van der Waals surface area contributed by atoms with Crippen LogP contribution in [-0.4, -0.2) is 10.5 Å². The molecule has 0 atom stereocenters. The maximum atomic E-state index is 12.6. The van der Waals surface area contributed by atoms with Crippen molar-refractivity contribution in [1.82, 2.24) is 4.57 Å². The average molecular weight is 364 g/mol. The predicted octanol–water partition coefficient (Wildman–Crippen LogP) is 3.67. The number of rotatable bonds is 4. The number of amides is 1. The van der Waals surface area contributed by atoms with E-state index >= 15 is 0 Å². The summed E-state index contributed by atoms with van der Waals surface area (Å²) in [6, 6.07) is 18.9. The fourth-order valence-electron chi connectivity index (χ4n) is 2.55. The second-order valence-corrected chi connectivity index (χ2v) is 6.03. The Morgan fingerprint density at radius 2 is 1.92 bits per heavy atom. The third-order valence-corrected chi connectivity index (χ3v) is 4.04. The monoisotopic (exact) mass is 363 g/mol. The molecule has 128 valence electrons. The van der Waals surface area contributed by atoms with Gasteiger partial charge >= 0.3 is 0 Å². The molecule has 3 rings (SSSR count). The molecule has 0 unspecified atom stereocenters.